The predicted octanol–water partition coefficient (Wildman–Crippen LogP) is 5.16. The molecule has 0 fully saturated rings. The first kappa shape index (κ1) is 15.8. The summed E-state index contributed by atoms with van der Waals surface area (Å²) in [6, 6.07) is 17.0. The van der Waals surface area contributed by atoms with Gasteiger partial charge in [0.05, 0.1) is 0 Å². The lowest BCUT2D eigenvalue weighted by molar-refractivity contribution is -0.116. The maximum absolute atomic E-state index is 11.8. The number of allylic oxidation sites excluding steroid dienone is 1. The largest absolute Gasteiger partial charge is 0.457 e. The summed E-state index contributed by atoms with van der Waals surface area (Å²) in [4.78, 5) is 11.8. The highest BCUT2D eigenvalue weighted by Crippen LogP contribution is 2.22. The Morgan fingerprint density at radius 3 is 2.36 bits per heavy atom. The highest BCUT2D eigenvalue weighted by molar-refractivity contribution is 5.90. The van der Waals surface area contributed by atoms with Crippen LogP contribution in [0.1, 0.15) is 25.7 Å². The van der Waals surface area contributed by atoms with Crippen molar-refractivity contribution in [3.05, 3.63) is 67.3 Å². The summed E-state index contributed by atoms with van der Waals surface area (Å²) in [6.07, 6.45) is 5.26. The first-order valence-corrected chi connectivity index (χ1v) is 7.51. The molecule has 0 spiro atoms. The van der Waals surface area contributed by atoms with Crippen LogP contribution >= 0.6 is 0 Å². The molecule has 114 valence electrons. The molecule has 0 aromatic heterocycles. The number of hydrogen-bond acceptors (Lipinski definition) is 2. The summed E-state index contributed by atoms with van der Waals surface area (Å²) >= 11 is 0. The molecule has 22 heavy (non-hydrogen) atoms. The van der Waals surface area contributed by atoms with E-state index in [1.807, 2.05) is 60.7 Å². The molecular weight excluding hydrogens is 274 g/mol. The van der Waals surface area contributed by atoms with Gasteiger partial charge in [0.25, 0.3) is 0 Å². The van der Waals surface area contributed by atoms with Gasteiger partial charge in [-0.05, 0) is 55.7 Å². The van der Waals surface area contributed by atoms with Gasteiger partial charge in [-0.1, -0.05) is 24.3 Å². The first-order valence-electron chi connectivity index (χ1n) is 7.51. The molecule has 1 N–H and O–H groups in total. The second-order valence-corrected chi connectivity index (χ2v) is 5.02. The molecule has 0 aliphatic rings. The molecule has 1 amide bonds. The van der Waals surface area contributed by atoms with Gasteiger partial charge in [0.1, 0.15) is 11.5 Å². The van der Waals surface area contributed by atoms with E-state index in [-0.39, 0.29) is 5.91 Å². The molecule has 0 aliphatic carbocycles. The monoisotopic (exact) mass is 295 g/mol. The zero-order valence-corrected chi connectivity index (χ0v) is 12.6. The zero-order chi connectivity index (χ0) is 15.6. The molecule has 2 rings (SSSR count). The van der Waals surface area contributed by atoms with Crippen molar-refractivity contribution in [2.75, 3.05) is 5.32 Å². The van der Waals surface area contributed by atoms with Crippen LogP contribution in [0.2, 0.25) is 0 Å². The molecule has 0 saturated carbocycles. The van der Waals surface area contributed by atoms with Crippen molar-refractivity contribution in [2.45, 2.75) is 25.7 Å². The van der Waals surface area contributed by atoms with E-state index in [1.165, 1.54) is 0 Å². The topological polar surface area (TPSA) is 38.3 Å². The number of amides is 1. The van der Waals surface area contributed by atoms with Crippen LogP contribution in [0.5, 0.6) is 11.5 Å². The van der Waals surface area contributed by atoms with Crippen LogP contribution in [0.4, 0.5) is 5.69 Å². The second kappa shape index (κ2) is 8.67. The highest BCUT2D eigenvalue weighted by atomic mass is 16.5. The van der Waals surface area contributed by atoms with Crippen molar-refractivity contribution in [3.63, 3.8) is 0 Å². The van der Waals surface area contributed by atoms with Gasteiger partial charge < -0.3 is 10.1 Å². The molecule has 2 aromatic carbocycles. The van der Waals surface area contributed by atoms with Crippen molar-refractivity contribution in [1.29, 1.82) is 0 Å². The summed E-state index contributed by atoms with van der Waals surface area (Å²) in [5.41, 5.74) is 0.786. The van der Waals surface area contributed by atoms with Gasteiger partial charge in [-0.2, -0.15) is 0 Å². The lowest BCUT2D eigenvalue weighted by atomic mass is 10.2. The Morgan fingerprint density at radius 2 is 1.68 bits per heavy atom. The maximum atomic E-state index is 11.8. The third kappa shape index (κ3) is 5.44. The molecule has 0 radical (unpaired) electrons. The van der Waals surface area contributed by atoms with E-state index in [9.17, 15) is 4.79 Å². The predicted molar refractivity (Wildman–Crippen MR) is 90.3 cm³/mol. The highest BCUT2D eigenvalue weighted by Gasteiger charge is 2.03. The summed E-state index contributed by atoms with van der Waals surface area (Å²) in [5, 5.41) is 2.89. The molecule has 3 nitrogen and oxygen atoms in total. The van der Waals surface area contributed by atoms with E-state index >= 15 is 0 Å². The van der Waals surface area contributed by atoms with E-state index < -0.39 is 0 Å². The summed E-state index contributed by atoms with van der Waals surface area (Å²) in [6.45, 7) is 3.67. The van der Waals surface area contributed by atoms with Crippen LogP contribution in [0.25, 0.3) is 0 Å². The Hall–Kier alpha value is -2.55. The lowest BCUT2D eigenvalue weighted by Gasteiger charge is -2.08. The number of unbranched alkanes of at least 4 members (excludes halogenated alkanes) is 2. The molecule has 2 aromatic rings. The quantitative estimate of drug-likeness (QED) is 0.539. The molecule has 0 aliphatic heterocycles. The molecular formula is C19H21NO2. The van der Waals surface area contributed by atoms with E-state index in [1.54, 1.807) is 0 Å². The van der Waals surface area contributed by atoms with Crippen LogP contribution < -0.4 is 10.1 Å². The van der Waals surface area contributed by atoms with Crippen molar-refractivity contribution in [2.24, 2.45) is 0 Å². The number of carbonyl (C=O) groups is 1. The fraction of sp³-hybridized carbons (Fsp3) is 0.211. The van der Waals surface area contributed by atoms with E-state index in [4.69, 9.17) is 4.74 Å². The van der Waals surface area contributed by atoms with Crippen LogP contribution in [0.15, 0.2) is 67.3 Å². The third-order valence-corrected chi connectivity index (χ3v) is 3.18. The number of carbonyl (C=O) groups excluding carboxylic acids is 1. The summed E-state index contributed by atoms with van der Waals surface area (Å²) in [5.74, 6) is 1.58. The van der Waals surface area contributed by atoms with Crippen molar-refractivity contribution in [3.8, 4) is 11.5 Å². The maximum Gasteiger partial charge on any atom is 0.224 e. The van der Waals surface area contributed by atoms with Gasteiger partial charge >= 0.3 is 0 Å². The minimum absolute atomic E-state index is 0.0424. The van der Waals surface area contributed by atoms with Crippen LogP contribution in [0, 0.1) is 0 Å². The minimum Gasteiger partial charge on any atom is -0.457 e. The molecule has 0 bridgehead atoms. The van der Waals surface area contributed by atoms with Crippen molar-refractivity contribution in [1.82, 2.24) is 0 Å². The Kier molecular flexibility index (Phi) is 6.24. The Balaban J connectivity index is 1.81. The zero-order valence-electron chi connectivity index (χ0n) is 12.6. The van der Waals surface area contributed by atoms with Crippen LogP contribution in [-0.4, -0.2) is 5.91 Å². The van der Waals surface area contributed by atoms with Gasteiger partial charge in [0.15, 0.2) is 0 Å². The average molecular weight is 295 g/mol. The fourth-order valence-corrected chi connectivity index (χ4v) is 2.03. The third-order valence-electron chi connectivity index (χ3n) is 3.18. The summed E-state index contributed by atoms with van der Waals surface area (Å²) < 4.78 is 5.71. The SMILES string of the molecule is C=CCCCCC(=O)Nc1ccc(Oc2ccccc2)cc1. The van der Waals surface area contributed by atoms with Crippen LogP contribution in [-0.2, 0) is 4.79 Å². The normalized spacial score (nSPS) is 10.0. The molecule has 3 heteroatoms. The molecule has 0 unspecified atom stereocenters. The Labute approximate surface area is 131 Å². The number of nitrogens with one attached hydrogen (secondary N) is 1. The Morgan fingerprint density at radius 1 is 1.00 bits per heavy atom. The van der Waals surface area contributed by atoms with E-state index in [0.29, 0.717) is 6.42 Å². The minimum atomic E-state index is 0.0424. The van der Waals surface area contributed by atoms with Crippen molar-refractivity contribution < 1.29 is 9.53 Å². The molecule has 0 atom stereocenters. The van der Waals surface area contributed by atoms with Gasteiger partial charge in [0.2, 0.25) is 5.91 Å². The first-order chi connectivity index (χ1) is 10.8. The second-order valence-electron chi connectivity index (χ2n) is 5.02. The van der Waals surface area contributed by atoms with E-state index in [2.05, 4.69) is 11.9 Å². The van der Waals surface area contributed by atoms with Gasteiger partial charge in [0, 0.05) is 12.1 Å². The smallest absolute Gasteiger partial charge is 0.224 e. The fourth-order valence-electron chi connectivity index (χ4n) is 2.03. The van der Waals surface area contributed by atoms with Gasteiger partial charge in [-0.3, -0.25) is 4.79 Å². The van der Waals surface area contributed by atoms with Crippen LogP contribution in [0.3, 0.4) is 0 Å². The van der Waals surface area contributed by atoms with Gasteiger partial charge in [-0.15, -0.1) is 6.58 Å². The number of para-hydroxylation sites is 1. The number of ether oxygens (including phenoxy) is 1. The van der Waals surface area contributed by atoms with Crippen molar-refractivity contribution >= 4 is 11.6 Å². The van der Waals surface area contributed by atoms with E-state index in [0.717, 1.165) is 36.4 Å². The van der Waals surface area contributed by atoms with Gasteiger partial charge in [-0.25, -0.2) is 0 Å². The number of rotatable bonds is 8. The Bertz CT molecular complexity index is 591. The number of benzene rings is 2. The average Bonchev–Trinajstić information content (AvgIpc) is 2.54. The molecule has 0 saturated heterocycles. The molecule has 0 heterocycles. The number of anilines is 1. The lowest BCUT2D eigenvalue weighted by Crippen LogP contribution is -2.10. The number of hydrogen-bond donors (Lipinski definition) is 1. The summed E-state index contributed by atoms with van der Waals surface area (Å²) in [7, 11) is 0. The standard InChI is InChI=1S/C19H21NO2/c1-2-3-4-8-11-19(21)20-16-12-14-18(15-13-16)22-17-9-6-5-7-10-17/h2,5-7,9-10,12-15H,1,3-4,8,11H2,(H,20,21).